The predicted octanol–water partition coefficient (Wildman–Crippen LogP) is 4.10. The maximum Gasteiger partial charge on any atom is 0.268 e. The fourth-order valence-corrected chi connectivity index (χ4v) is 3.02. The van der Waals surface area contributed by atoms with Gasteiger partial charge in [-0.2, -0.15) is 0 Å². The summed E-state index contributed by atoms with van der Waals surface area (Å²) in [6, 6.07) is 11.1. The maximum absolute atomic E-state index is 13.3. The third kappa shape index (κ3) is 3.11. The topological polar surface area (TPSA) is 29.5 Å². The van der Waals surface area contributed by atoms with Gasteiger partial charge in [0.1, 0.15) is 5.75 Å². The third-order valence-corrected chi connectivity index (χ3v) is 4.31. The second kappa shape index (κ2) is 6.59. The Morgan fingerprint density at radius 3 is 2.71 bits per heavy atom. The van der Waals surface area contributed by atoms with E-state index >= 15 is 0 Å². The maximum atomic E-state index is 13.3. The molecule has 24 heavy (non-hydrogen) atoms. The lowest BCUT2D eigenvalue weighted by atomic mass is 9.96. The lowest BCUT2D eigenvalue weighted by molar-refractivity contribution is -0.125. The quantitative estimate of drug-likeness (QED) is 0.847. The first kappa shape index (κ1) is 16.4. The van der Waals surface area contributed by atoms with Crippen molar-refractivity contribution in [3.63, 3.8) is 0 Å². The second-order valence-electron chi connectivity index (χ2n) is 6.06. The zero-order valence-corrected chi connectivity index (χ0v) is 13.6. The molecular formula is C19H19F2NO2. The fraction of sp³-hybridized carbons (Fsp3) is 0.316. The Kier molecular flexibility index (Phi) is 4.51. The lowest BCUT2D eigenvalue weighted by Gasteiger charge is -2.36. The summed E-state index contributed by atoms with van der Waals surface area (Å²) in [5, 5.41) is 0. The van der Waals surface area contributed by atoms with Gasteiger partial charge < -0.3 is 9.64 Å². The first-order valence-corrected chi connectivity index (χ1v) is 8.00. The minimum atomic E-state index is -0.996. The number of ether oxygens (including phenoxy) is 1. The first-order valence-electron chi connectivity index (χ1n) is 8.00. The highest BCUT2D eigenvalue weighted by Gasteiger charge is 2.31. The number of anilines is 1. The molecule has 5 heteroatoms. The van der Waals surface area contributed by atoms with Gasteiger partial charge in [-0.1, -0.05) is 18.2 Å². The molecule has 0 spiro atoms. The highest BCUT2D eigenvalue weighted by atomic mass is 19.2. The highest BCUT2D eigenvalue weighted by Crippen LogP contribution is 2.31. The average Bonchev–Trinajstić information content (AvgIpc) is 2.57. The first-order chi connectivity index (χ1) is 11.5. The van der Waals surface area contributed by atoms with Crippen LogP contribution >= 0.6 is 0 Å². The Balaban J connectivity index is 1.81. The van der Waals surface area contributed by atoms with E-state index in [0.29, 0.717) is 0 Å². The van der Waals surface area contributed by atoms with Gasteiger partial charge in [0.25, 0.3) is 5.91 Å². The van der Waals surface area contributed by atoms with E-state index in [-0.39, 0.29) is 17.7 Å². The highest BCUT2D eigenvalue weighted by molar-refractivity contribution is 5.98. The van der Waals surface area contributed by atoms with Gasteiger partial charge in [0, 0.05) is 17.8 Å². The van der Waals surface area contributed by atoms with Crippen molar-refractivity contribution >= 4 is 11.6 Å². The van der Waals surface area contributed by atoms with Crippen molar-refractivity contribution in [3.05, 3.63) is 59.7 Å². The number of halogens is 2. The zero-order valence-electron chi connectivity index (χ0n) is 13.6. The van der Waals surface area contributed by atoms with Gasteiger partial charge in [-0.3, -0.25) is 4.79 Å². The number of benzene rings is 2. The average molecular weight is 331 g/mol. The van der Waals surface area contributed by atoms with Crippen LogP contribution in [0, 0.1) is 11.6 Å². The van der Waals surface area contributed by atoms with Crippen LogP contribution in [0.25, 0.3) is 0 Å². The molecule has 0 aliphatic carbocycles. The van der Waals surface area contributed by atoms with Crippen LogP contribution in [0.15, 0.2) is 42.5 Å². The van der Waals surface area contributed by atoms with Crippen molar-refractivity contribution in [2.24, 2.45) is 0 Å². The molecule has 126 valence electrons. The minimum Gasteiger partial charge on any atom is -0.481 e. The van der Waals surface area contributed by atoms with Gasteiger partial charge in [0.05, 0.1) is 0 Å². The van der Waals surface area contributed by atoms with Crippen LogP contribution in [-0.4, -0.2) is 18.1 Å². The lowest BCUT2D eigenvalue weighted by Crippen LogP contribution is -2.47. The van der Waals surface area contributed by atoms with Gasteiger partial charge in [-0.25, -0.2) is 8.78 Å². The molecule has 0 bridgehead atoms. The Hall–Kier alpha value is -2.43. The molecule has 0 fully saturated rings. The summed E-state index contributed by atoms with van der Waals surface area (Å²) < 4.78 is 31.8. The molecule has 3 nitrogen and oxygen atoms in total. The molecule has 1 amide bonds. The molecular weight excluding hydrogens is 312 g/mol. The summed E-state index contributed by atoms with van der Waals surface area (Å²) in [4.78, 5) is 14.6. The largest absolute Gasteiger partial charge is 0.481 e. The van der Waals surface area contributed by atoms with Crippen LogP contribution in [0.3, 0.4) is 0 Å². The Labute approximate surface area is 139 Å². The smallest absolute Gasteiger partial charge is 0.268 e. The van der Waals surface area contributed by atoms with Crippen molar-refractivity contribution < 1.29 is 18.3 Å². The van der Waals surface area contributed by atoms with Crippen LogP contribution in [0.5, 0.6) is 5.75 Å². The molecule has 0 N–H and O–H groups in total. The standard InChI is InChI=1S/C19H19F2NO2/c1-12-7-8-14-5-3-4-6-18(14)22(12)19(23)13(2)24-15-9-10-16(20)17(21)11-15/h3-6,9-13H,7-8H2,1-2H3. The van der Waals surface area contributed by atoms with Crippen molar-refractivity contribution in [2.45, 2.75) is 38.8 Å². The monoisotopic (exact) mass is 331 g/mol. The van der Waals surface area contributed by atoms with E-state index in [1.807, 2.05) is 31.2 Å². The van der Waals surface area contributed by atoms with Crippen LogP contribution in [0.1, 0.15) is 25.8 Å². The van der Waals surface area contributed by atoms with Crippen molar-refractivity contribution in [1.29, 1.82) is 0 Å². The number of nitrogens with zero attached hydrogens (tertiary/aromatic N) is 1. The number of para-hydroxylation sites is 1. The van der Waals surface area contributed by atoms with E-state index in [9.17, 15) is 13.6 Å². The van der Waals surface area contributed by atoms with Crippen molar-refractivity contribution in [2.75, 3.05) is 4.90 Å². The van der Waals surface area contributed by atoms with E-state index < -0.39 is 17.7 Å². The molecule has 0 saturated heterocycles. The van der Waals surface area contributed by atoms with E-state index in [2.05, 4.69) is 0 Å². The van der Waals surface area contributed by atoms with E-state index in [1.54, 1.807) is 11.8 Å². The van der Waals surface area contributed by atoms with Gasteiger partial charge in [-0.05, 0) is 50.5 Å². The summed E-state index contributed by atoms with van der Waals surface area (Å²) in [6.07, 6.45) is 1.00. The number of carbonyl (C=O) groups excluding carboxylic acids is 1. The number of aryl methyl sites for hydroxylation is 1. The molecule has 0 saturated carbocycles. The molecule has 2 aromatic carbocycles. The van der Waals surface area contributed by atoms with Gasteiger partial charge in [0.2, 0.25) is 0 Å². The number of carbonyl (C=O) groups is 1. The summed E-state index contributed by atoms with van der Waals surface area (Å²) in [5.74, 6) is -2.00. The van der Waals surface area contributed by atoms with Crippen LogP contribution in [0.4, 0.5) is 14.5 Å². The number of fused-ring (bicyclic) bond motifs is 1. The SMILES string of the molecule is CC(Oc1ccc(F)c(F)c1)C(=O)N1c2ccccc2CCC1C. The van der Waals surface area contributed by atoms with Crippen LogP contribution in [-0.2, 0) is 11.2 Å². The van der Waals surface area contributed by atoms with Gasteiger partial charge in [0.15, 0.2) is 17.7 Å². The molecule has 1 aliphatic rings. The van der Waals surface area contributed by atoms with E-state index in [0.717, 1.165) is 36.2 Å². The zero-order chi connectivity index (χ0) is 17.3. The molecule has 1 heterocycles. The number of rotatable bonds is 3. The molecule has 2 unspecified atom stereocenters. The number of amides is 1. The Bertz CT molecular complexity index is 763. The van der Waals surface area contributed by atoms with Crippen LogP contribution < -0.4 is 9.64 Å². The van der Waals surface area contributed by atoms with Crippen molar-refractivity contribution in [1.82, 2.24) is 0 Å². The molecule has 2 atom stereocenters. The Morgan fingerprint density at radius 2 is 1.96 bits per heavy atom. The molecule has 1 aliphatic heterocycles. The summed E-state index contributed by atoms with van der Waals surface area (Å²) in [5.41, 5.74) is 2.02. The Morgan fingerprint density at radius 1 is 1.21 bits per heavy atom. The number of hydrogen-bond donors (Lipinski definition) is 0. The predicted molar refractivity (Wildman–Crippen MR) is 88.2 cm³/mol. The second-order valence-corrected chi connectivity index (χ2v) is 6.06. The number of hydrogen-bond acceptors (Lipinski definition) is 2. The van der Waals surface area contributed by atoms with Gasteiger partial charge >= 0.3 is 0 Å². The summed E-state index contributed by atoms with van der Waals surface area (Å²) in [6.45, 7) is 3.62. The molecule has 0 radical (unpaired) electrons. The van der Waals surface area contributed by atoms with Crippen molar-refractivity contribution in [3.8, 4) is 5.75 Å². The normalized spacial score (nSPS) is 18.0. The molecule has 0 aromatic heterocycles. The molecule has 3 rings (SSSR count). The minimum absolute atomic E-state index is 0.0587. The van der Waals surface area contributed by atoms with E-state index in [4.69, 9.17) is 4.74 Å². The van der Waals surface area contributed by atoms with Gasteiger partial charge in [-0.15, -0.1) is 0 Å². The third-order valence-electron chi connectivity index (χ3n) is 4.31. The van der Waals surface area contributed by atoms with Crippen LogP contribution in [0.2, 0.25) is 0 Å². The molecule has 2 aromatic rings. The summed E-state index contributed by atoms with van der Waals surface area (Å²) >= 11 is 0. The fourth-order valence-electron chi connectivity index (χ4n) is 3.02. The van der Waals surface area contributed by atoms with E-state index in [1.165, 1.54) is 6.07 Å². The summed E-state index contributed by atoms with van der Waals surface area (Å²) in [7, 11) is 0.